The number of allylic oxidation sites excluding steroid dienone is 6. The first-order valence-electron chi connectivity index (χ1n) is 21.2. The van der Waals surface area contributed by atoms with Crippen molar-refractivity contribution in [1.82, 2.24) is 0 Å². The summed E-state index contributed by atoms with van der Waals surface area (Å²) in [7, 11) is 1.46. The number of unbranched alkanes of at least 4 members (excludes halogenated alkanes) is 18. The normalized spacial score (nSPS) is 14.0. The van der Waals surface area contributed by atoms with Crippen LogP contribution in [0.4, 0.5) is 0 Å². The van der Waals surface area contributed by atoms with Crippen LogP contribution in [0.3, 0.4) is 0 Å². The molecule has 1 N–H and O–H groups in total. The van der Waals surface area contributed by atoms with E-state index < -0.39 is 26.5 Å². The average Bonchev–Trinajstić information content (AvgIpc) is 3.10. The quantitative estimate of drug-likeness (QED) is 0.0217. The highest BCUT2D eigenvalue weighted by atomic mass is 31.2. The number of phosphoric ester groups is 1. The van der Waals surface area contributed by atoms with Gasteiger partial charge in [0.05, 0.1) is 27.7 Å². The Kier molecular flexibility index (Phi) is 34.7. The number of hydrogen-bond donors (Lipinski definition) is 1. The molecule has 0 aromatic carbocycles. The summed E-state index contributed by atoms with van der Waals surface area (Å²) in [6, 6.07) is 0. The van der Waals surface area contributed by atoms with Crippen molar-refractivity contribution in [2.45, 2.75) is 180 Å². The Morgan fingerprint density at radius 3 is 1.57 bits per heavy atom. The topological polar surface area (TPSA) is 108 Å². The number of phosphoric acid groups is 1. The first kappa shape index (κ1) is 51.2. The molecular weight excluding hydrogens is 689 g/mol. The van der Waals surface area contributed by atoms with Crippen LogP contribution in [-0.2, 0) is 32.7 Å². The first-order chi connectivity index (χ1) is 25.5. The fourth-order valence-electron chi connectivity index (χ4n) is 5.49. The summed E-state index contributed by atoms with van der Waals surface area (Å²) in [6.07, 6.45) is 39.0. The minimum absolute atomic E-state index is 0.0282. The third kappa shape index (κ3) is 39.7. The molecule has 0 fully saturated rings. The molecule has 10 heteroatoms. The van der Waals surface area contributed by atoms with E-state index in [9.17, 15) is 19.0 Å². The van der Waals surface area contributed by atoms with Crippen molar-refractivity contribution in [3.8, 4) is 0 Å². The number of carbonyl (C=O) groups is 2. The van der Waals surface area contributed by atoms with Gasteiger partial charge in [0.2, 0.25) is 0 Å². The van der Waals surface area contributed by atoms with Gasteiger partial charge < -0.3 is 18.9 Å². The molecule has 9 nitrogen and oxygen atoms in total. The third-order valence-electron chi connectivity index (χ3n) is 8.89. The average molecular weight is 771 g/mol. The number of likely N-dealkylation sites (N-methyl/N-ethyl adjacent to an activating group) is 1. The highest BCUT2D eigenvalue weighted by molar-refractivity contribution is 7.47. The smallest absolute Gasteiger partial charge is 0.462 e. The van der Waals surface area contributed by atoms with Crippen molar-refractivity contribution >= 4 is 19.8 Å². The number of rotatable bonds is 38. The van der Waals surface area contributed by atoms with Crippen LogP contribution in [0.5, 0.6) is 0 Å². The summed E-state index contributed by atoms with van der Waals surface area (Å²) in [6.45, 7) is 4.34. The number of ether oxygens (including phenoxy) is 2. The fourth-order valence-corrected chi connectivity index (χ4v) is 6.24. The molecule has 53 heavy (non-hydrogen) atoms. The zero-order chi connectivity index (χ0) is 39.3. The van der Waals surface area contributed by atoms with E-state index in [1.54, 1.807) is 0 Å². The molecule has 0 spiro atoms. The van der Waals surface area contributed by atoms with Gasteiger partial charge in [-0.3, -0.25) is 18.6 Å². The maximum atomic E-state index is 12.7. The van der Waals surface area contributed by atoms with Gasteiger partial charge in [0.1, 0.15) is 19.8 Å². The van der Waals surface area contributed by atoms with Crippen LogP contribution in [0.2, 0.25) is 0 Å². The molecule has 0 amide bonds. The molecule has 2 atom stereocenters. The van der Waals surface area contributed by atoms with E-state index in [4.69, 9.17) is 18.5 Å². The summed E-state index contributed by atoms with van der Waals surface area (Å²) in [5.74, 6) is -0.820. The number of carbonyl (C=O) groups excluding carboxylic acids is 2. The van der Waals surface area contributed by atoms with Crippen LogP contribution in [0.15, 0.2) is 36.5 Å². The molecule has 310 valence electrons. The minimum Gasteiger partial charge on any atom is -0.462 e. The number of nitrogens with zero attached hydrogens (tertiary/aromatic N) is 1. The van der Waals surface area contributed by atoms with E-state index in [0.717, 1.165) is 70.6 Å². The predicted octanol–water partition coefficient (Wildman–Crippen LogP) is 11.7. The van der Waals surface area contributed by atoms with Crippen LogP contribution < -0.4 is 0 Å². The summed E-state index contributed by atoms with van der Waals surface area (Å²) in [5, 5.41) is 0. The van der Waals surface area contributed by atoms with Crippen molar-refractivity contribution in [2.24, 2.45) is 0 Å². The Bertz CT molecular complexity index is 1010. The summed E-state index contributed by atoms with van der Waals surface area (Å²) in [4.78, 5) is 35.3. The molecule has 0 aliphatic carbocycles. The second kappa shape index (κ2) is 35.9. The highest BCUT2D eigenvalue weighted by Crippen LogP contribution is 2.43. The molecule has 0 aliphatic rings. The van der Waals surface area contributed by atoms with Crippen molar-refractivity contribution in [1.29, 1.82) is 0 Å². The molecule has 0 saturated carbocycles. The Balaban J connectivity index is 4.41. The monoisotopic (exact) mass is 771 g/mol. The Morgan fingerprint density at radius 1 is 0.585 bits per heavy atom. The standard InChI is InChI=1S/C43H80NO8P/c1-6-8-10-12-14-16-18-20-22-24-26-28-30-32-34-36-43(46)52-41(40-51-53(47,48)50-38-37-44(3,4)5)39-49-42(45)35-33-31-29-27-25-23-21-19-17-15-13-11-9-7-2/h13,15-16,18-19,21,41H,6-12,14,17,20,22-40H2,1-5H3/p+1/b15-13+,18-16+,21-19+/t41-/m1/s1. The fraction of sp³-hybridized carbons (Fsp3) is 0.814. The maximum Gasteiger partial charge on any atom is 0.472 e. The molecule has 0 aromatic heterocycles. The van der Waals surface area contributed by atoms with E-state index in [1.165, 1.54) is 70.6 Å². The lowest BCUT2D eigenvalue weighted by atomic mass is 10.1. The molecule has 1 unspecified atom stereocenters. The molecule has 0 rings (SSSR count). The van der Waals surface area contributed by atoms with Crippen LogP contribution in [0, 0.1) is 0 Å². The predicted molar refractivity (Wildman–Crippen MR) is 220 cm³/mol. The Morgan fingerprint density at radius 2 is 1.04 bits per heavy atom. The lowest BCUT2D eigenvalue weighted by molar-refractivity contribution is -0.870. The van der Waals surface area contributed by atoms with Crippen molar-refractivity contribution in [3.63, 3.8) is 0 Å². The lowest BCUT2D eigenvalue weighted by Crippen LogP contribution is -2.37. The van der Waals surface area contributed by atoms with Gasteiger partial charge >= 0.3 is 19.8 Å². The van der Waals surface area contributed by atoms with Crippen molar-refractivity contribution in [2.75, 3.05) is 47.5 Å². The van der Waals surface area contributed by atoms with Gasteiger partial charge in [0.25, 0.3) is 0 Å². The van der Waals surface area contributed by atoms with Gasteiger partial charge in [0.15, 0.2) is 6.10 Å². The molecule has 0 aromatic rings. The Labute approximate surface area is 325 Å². The van der Waals surface area contributed by atoms with Gasteiger partial charge in [0, 0.05) is 12.8 Å². The highest BCUT2D eigenvalue weighted by Gasteiger charge is 2.27. The minimum atomic E-state index is -4.37. The lowest BCUT2D eigenvalue weighted by Gasteiger charge is -2.24. The zero-order valence-corrected chi connectivity index (χ0v) is 35.6. The molecule has 0 bridgehead atoms. The molecular formula is C43H81NO8P+. The largest absolute Gasteiger partial charge is 0.472 e. The summed E-state index contributed by atoms with van der Waals surface area (Å²) in [5.41, 5.74) is 0. The van der Waals surface area contributed by atoms with Gasteiger partial charge in [-0.2, -0.15) is 0 Å². The summed E-state index contributed by atoms with van der Waals surface area (Å²) >= 11 is 0. The van der Waals surface area contributed by atoms with Gasteiger partial charge in [-0.25, -0.2) is 4.57 Å². The Hall–Kier alpha value is -1.77. The zero-order valence-electron chi connectivity index (χ0n) is 34.7. The molecule has 0 radical (unpaired) electrons. The number of quaternary nitrogens is 1. The van der Waals surface area contributed by atoms with Gasteiger partial charge in [-0.1, -0.05) is 134 Å². The van der Waals surface area contributed by atoms with Crippen molar-refractivity contribution < 1.29 is 42.1 Å². The van der Waals surface area contributed by atoms with Crippen LogP contribution >= 0.6 is 7.82 Å². The van der Waals surface area contributed by atoms with E-state index >= 15 is 0 Å². The molecule has 0 heterocycles. The second-order valence-electron chi connectivity index (χ2n) is 15.4. The van der Waals surface area contributed by atoms with Crippen LogP contribution in [0.25, 0.3) is 0 Å². The van der Waals surface area contributed by atoms with Crippen molar-refractivity contribution in [3.05, 3.63) is 36.5 Å². The number of hydrogen-bond acceptors (Lipinski definition) is 7. The second-order valence-corrected chi connectivity index (χ2v) is 16.8. The molecule has 0 aliphatic heterocycles. The first-order valence-corrected chi connectivity index (χ1v) is 22.7. The van der Waals surface area contributed by atoms with E-state index in [0.29, 0.717) is 17.4 Å². The maximum absolute atomic E-state index is 12.7. The van der Waals surface area contributed by atoms with Gasteiger partial charge in [-0.05, 0) is 64.2 Å². The molecule has 0 saturated heterocycles. The van der Waals surface area contributed by atoms with E-state index in [-0.39, 0.29) is 32.0 Å². The summed E-state index contributed by atoms with van der Waals surface area (Å²) < 4.78 is 34.2. The van der Waals surface area contributed by atoms with E-state index in [2.05, 4.69) is 50.3 Å². The van der Waals surface area contributed by atoms with Gasteiger partial charge in [-0.15, -0.1) is 0 Å². The van der Waals surface area contributed by atoms with Crippen LogP contribution in [-0.4, -0.2) is 74.9 Å². The number of esters is 2. The third-order valence-corrected chi connectivity index (χ3v) is 9.88. The van der Waals surface area contributed by atoms with E-state index in [1.807, 2.05) is 21.1 Å². The van der Waals surface area contributed by atoms with Crippen LogP contribution in [0.1, 0.15) is 174 Å². The SMILES string of the molecule is CCCC/C=C/C/C=C/CCCCCCCC(=O)OC[C@H](COP(=O)(O)OCC[N+](C)(C)C)OC(=O)CCCCCCCCC/C=C/CCCCCC.